The van der Waals surface area contributed by atoms with Crippen molar-refractivity contribution >= 4 is 0 Å². The molecule has 3 heteroatoms. The number of nitrogens with zero attached hydrogens (tertiary/aromatic N) is 1. The summed E-state index contributed by atoms with van der Waals surface area (Å²) in [7, 11) is 0. The lowest BCUT2D eigenvalue weighted by Crippen LogP contribution is -2.41. The van der Waals surface area contributed by atoms with Gasteiger partial charge in [0.2, 0.25) is 0 Å². The molecule has 0 aliphatic carbocycles. The highest BCUT2D eigenvalue weighted by molar-refractivity contribution is 4.49. The Kier molecular flexibility index (Phi) is 16.6. The normalized spacial score (nSPS) is 12.0. The fourth-order valence-corrected chi connectivity index (χ4v) is 3.07. The Morgan fingerprint density at radius 1 is 0.478 bits per heavy atom. The number of quaternary nitrogens is 1. The fourth-order valence-electron chi connectivity index (χ4n) is 3.07. The molecule has 0 atom stereocenters. The molecule has 0 aromatic heterocycles. The van der Waals surface area contributed by atoms with E-state index in [2.05, 4.69) is 6.92 Å². The Morgan fingerprint density at radius 2 is 0.783 bits per heavy atom. The Hall–Kier alpha value is -0.120. The van der Waals surface area contributed by atoms with Gasteiger partial charge in [-0.05, 0) is 18.2 Å². The molecule has 0 unspecified atom stereocenters. The minimum atomic E-state index is -0.807. The predicted molar refractivity (Wildman–Crippen MR) is 98.8 cm³/mol. The summed E-state index contributed by atoms with van der Waals surface area (Å²) in [5.41, 5.74) is 0. The van der Waals surface area contributed by atoms with Gasteiger partial charge in [-0.3, -0.25) is 0 Å². The highest BCUT2D eigenvalue weighted by Crippen LogP contribution is 2.14. The molecule has 0 aliphatic heterocycles. The largest absolute Gasteiger partial charge is 0.182 e. The summed E-state index contributed by atoms with van der Waals surface area (Å²) >= 11 is 0. The molecule has 23 heavy (non-hydrogen) atoms. The molecule has 0 aromatic carbocycles. The third-order valence-corrected chi connectivity index (χ3v) is 4.88. The average molecular weight is 331 g/mol. The van der Waals surface area contributed by atoms with Gasteiger partial charge in [-0.1, -0.05) is 96.8 Å². The van der Waals surface area contributed by atoms with E-state index in [4.69, 9.17) is 0 Å². The zero-order chi connectivity index (χ0) is 17.2. The SMILES string of the molecule is CCCCCCCCCCCCCCCCCC[N+](O)(O)CC. The van der Waals surface area contributed by atoms with Crippen LogP contribution in [0, 0.1) is 0 Å². The first-order chi connectivity index (χ1) is 11.1. The van der Waals surface area contributed by atoms with E-state index in [1.54, 1.807) is 6.92 Å². The molecule has 0 heterocycles. The molecule has 0 fully saturated rings. The summed E-state index contributed by atoms with van der Waals surface area (Å²) in [6.45, 7) is 4.92. The van der Waals surface area contributed by atoms with Crippen LogP contribution in [0.25, 0.3) is 0 Å². The molecule has 3 nitrogen and oxygen atoms in total. The van der Waals surface area contributed by atoms with E-state index < -0.39 is 4.81 Å². The minimum Gasteiger partial charge on any atom is -0.182 e. The first-order valence-electron chi connectivity index (χ1n) is 10.4. The molecular formula is C20H44NO2+. The predicted octanol–water partition coefficient (Wildman–Crippen LogP) is 6.86. The van der Waals surface area contributed by atoms with Crippen molar-refractivity contribution in [3.63, 3.8) is 0 Å². The topological polar surface area (TPSA) is 40.5 Å². The highest BCUT2D eigenvalue weighted by atomic mass is 16.8. The van der Waals surface area contributed by atoms with E-state index in [9.17, 15) is 10.4 Å². The zero-order valence-corrected chi connectivity index (χ0v) is 16.1. The maximum Gasteiger partial charge on any atom is 0.142 e. The van der Waals surface area contributed by atoms with E-state index in [1.165, 1.54) is 89.9 Å². The van der Waals surface area contributed by atoms with Crippen LogP contribution in [0.1, 0.15) is 117 Å². The second-order valence-corrected chi connectivity index (χ2v) is 7.22. The minimum absolute atomic E-state index is 0.374. The van der Waals surface area contributed by atoms with Crippen molar-refractivity contribution in [1.29, 1.82) is 0 Å². The molecule has 0 rings (SSSR count). The monoisotopic (exact) mass is 330 g/mol. The van der Waals surface area contributed by atoms with E-state index in [0.29, 0.717) is 13.1 Å². The molecule has 0 radical (unpaired) electrons. The van der Waals surface area contributed by atoms with Gasteiger partial charge in [0.25, 0.3) is 0 Å². The lowest BCUT2D eigenvalue weighted by atomic mass is 10.0. The standard InChI is InChI=1S/C20H44NO2/c1-3-5-6-7-8-9-10-11-12-13-14-15-16-17-18-19-20-21(22,23)4-2/h22-23H,3-20H2,1-2H3/q+1. The van der Waals surface area contributed by atoms with E-state index in [1.807, 2.05) is 0 Å². The summed E-state index contributed by atoms with van der Waals surface area (Å²) in [6.07, 6.45) is 21.5. The van der Waals surface area contributed by atoms with Gasteiger partial charge in [0.15, 0.2) is 0 Å². The third kappa shape index (κ3) is 18.1. The van der Waals surface area contributed by atoms with Crippen molar-refractivity contribution in [2.24, 2.45) is 0 Å². The van der Waals surface area contributed by atoms with Crippen molar-refractivity contribution in [3.05, 3.63) is 0 Å². The van der Waals surface area contributed by atoms with Crippen molar-refractivity contribution in [2.75, 3.05) is 13.1 Å². The summed E-state index contributed by atoms with van der Waals surface area (Å²) in [6, 6.07) is 0. The Labute approximate surface area is 145 Å². The quantitative estimate of drug-likeness (QED) is 0.164. The molecule has 0 spiro atoms. The highest BCUT2D eigenvalue weighted by Gasteiger charge is 2.17. The summed E-state index contributed by atoms with van der Waals surface area (Å²) in [5.74, 6) is 0. The zero-order valence-electron chi connectivity index (χ0n) is 16.1. The van der Waals surface area contributed by atoms with Gasteiger partial charge >= 0.3 is 0 Å². The number of hydrogen-bond acceptors (Lipinski definition) is 2. The van der Waals surface area contributed by atoms with Gasteiger partial charge in [-0.25, -0.2) is 0 Å². The van der Waals surface area contributed by atoms with Crippen LogP contribution in [0.2, 0.25) is 0 Å². The lowest BCUT2D eigenvalue weighted by Gasteiger charge is -2.18. The second kappa shape index (κ2) is 16.7. The Balaban J connectivity index is 3.05. The van der Waals surface area contributed by atoms with E-state index in [-0.39, 0.29) is 0 Å². The van der Waals surface area contributed by atoms with Gasteiger partial charge in [0, 0.05) is 6.42 Å². The first-order valence-corrected chi connectivity index (χ1v) is 10.4. The van der Waals surface area contributed by atoms with Crippen LogP contribution in [-0.2, 0) is 0 Å². The van der Waals surface area contributed by atoms with Crippen LogP contribution in [0.5, 0.6) is 0 Å². The molecule has 0 amide bonds. The maximum atomic E-state index is 9.43. The van der Waals surface area contributed by atoms with Gasteiger partial charge in [0.1, 0.15) is 13.1 Å². The van der Waals surface area contributed by atoms with Gasteiger partial charge in [0.05, 0.1) is 0 Å². The maximum absolute atomic E-state index is 9.43. The molecule has 0 bridgehead atoms. The summed E-state index contributed by atoms with van der Waals surface area (Å²) < 4.78 is 0. The number of rotatable bonds is 18. The van der Waals surface area contributed by atoms with E-state index >= 15 is 0 Å². The van der Waals surface area contributed by atoms with Crippen LogP contribution < -0.4 is 0 Å². The van der Waals surface area contributed by atoms with Crippen LogP contribution in [0.15, 0.2) is 0 Å². The van der Waals surface area contributed by atoms with Crippen LogP contribution >= 0.6 is 0 Å². The number of unbranched alkanes of at least 4 members (excludes halogenated alkanes) is 15. The molecule has 0 saturated carbocycles. The summed E-state index contributed by atoms with van der Waals surface area (Å²) in [5, 5.41) is 18.9. The van der Waals surface area contributed by atoms with Crippen LogP contribution in [0.4, 0.5) is 0 Å². The van der Waals surface area contributed by atoms with Crippen molar-refractivity contribution < 1.29 is 15.2 Å². The number of hydroxylamine groups is 4. The smallest absolute Gasteiger partial charge is 0.142 e. The van der Waals surface area contributed by atoms with Crippen molar-refractivity contribution in [2.45, 2.75) is 117 Å². The fraction of sp³-hybridized carbons (Fsp3) is 1.00. The summed E-state index contributed by atoms with van der Waals surface area (Å²) in [4.78, 5) is -0.807. The van der Waals surface area contributed by atoms with Crippen molar-refractivity contribution in [3.8, 4) is 0 Å². The second-order valence-electron chi connectivity index (χ2n) is 7.22. The van der Waals surface area contributed by atoms with Gasteiger partial charge in [-0.2, -0.15) is 10.4 Å². The first kappa shape index (κ1) is 22.9. The average Bonchev–Trinajstić information content (AvgIpc) is 2.54. The van der Waals surface area contributed by atoms with Crippen LogP contribution in [-0.4, -0.2) is 28.3 Å². The number of hydrogen-bond donors (Lipinski definition) is 2. The lowest BCUT2D eigenvalue weighted by molar-refractivity contribution is -1.24. The van der Waals surface area contributed by atoms with E-state index in [0.717, 1.165) is 12.8 Å². The van der Waals surface area contributed by atoms with Gasteiger partial charge < -0.3 is 0 Å². The van der Waals surface area contributed by atoms with Crippen LogP contribution in [0.3, 0.4) is 0 Å². The molecular weight excluding hydrogens is 286 g/mol. The molecule has 0 aromatic rings. The molecule has 2 N–H and O–H groups in total. The van der Waals surface area contributed by atoms with Gasteiger partial charge in [-0.15, -0.1) is 0 Å². The molecule has 140 valence electrons. The Bertz CT molecular complexity index is 232. The molecule has 0 aliphatic rings. The van der Waals surface area contributed by atoms with Crippen molar-refractivity contribution in [1.82, 2.24) is 0 Å². The third-order valence-electron chi connectivity index (χ3n) is 4.88. The molecule has 0 saturated heterocycles. The Morgan fingerprint density at radius 3 is 1.09 bits per heavy atom.